The lowest BCUT2D eigenvalue weighted by molar-refractivity contribution is 0.0963. The second-order valence-corrected chi connectivity index (χ2v) is 6.26. The molecule has 0 aliphatic carbocycles. The fourth-order valence-corrected chi connectivity index (χ4v) is 2.69. The van der Waals surface area contributed by atoms with Crippen LogP contribution in [0.5, 0.6) is 0 Å². The average Bonchev–Trinajstić information content (AvgIpc) is 3.27. The quantitative estimate of drug-likeness (QED) is 0.612. The number of hydrogen-bond donors (Lipinski definition) is 3. The Kier molecular flexibility index (Phi) is 6.01. The van der Waals surface area contributed by atoms with Crippen molar-refractivity contribution in [3.63, 3.8) is 0 Å². The summed E-state index contributed by atoms with van der Waals surface area (Å²) in [5.41, 5.74) is 3.37. The summed E-state index contributed by atoms with van der Waals surface area (Å²) >= 11 is 0. The van der Waals surface area contributed by atoms with Crippen molar-refractivity contribution in [2.75, 3.05) is 7.05 Å². The van der Waals surface area contributed by atoms with Crippen molar-refractivity contribution < 1.29 is 9.59 Å². The maximum atomic E-state index is 12.2. The summed E-state index contributed by atoms with van der Waals surface area (Å²) in [7, 11) is 1.59. The van der Waals surface area contributed by atoms with Crippen LogP contribution in [-0.4, -0.2) is 33.8 Å². The van der Waals surface area contributed by atoms with Crippen LogP contribution in [0.25, 0.3) is 5.69 Å². The van der Waals surface area contributed by atoms with E-state index in [2.05, 4.69) is 26.0 Å². The van der Waals surface area contributed by atoms with E-state index < -0.39 is 0 Å². The Morgan fingerprint density at radius 1 is 1.07 bits per heavy atom. The highest BCUT2D eigenvalue weighted by molar-refractivity contribution is 5.93. The van der Waals surface area contributed by atoms with E-state index in [9.17, 15) is 9.59 Å². The highest BCUT2D eigenvalue weighted by Crippen LogP contribution is 2.15. The number of nitrogens with zero attached hydrogens (tertiary/aromatic N) is 3. The molecule has 0 radical (unpaired) electrons. The SMILES string of the molecule is CNC(=O)c1ccc(CNC(=O)NC(C)c2ccc(-n3cncn3)cc2)cc1. The third kappa shape index (κ3) is 4.73. The minimum Gasteiger partial charge on any atom is -0.355 e. The molecule has 0 spiro atoms. The van der Waals surface area contributed by atoms with E-state index in [-0.39, 0.29) is 18.0 Å². The van der Waals surface area contributed by atoms with Crippen LogP contribution in [0.15, 0.2) is 61.2 Å². The first-order valence-electron chi connectivity index (χ1n) is 8.87. The third-order valence-electron chi connectivity index (χ3n) is 4.32. The van der Waals surface area contributed by atoms with Gasteiger partial charge in [-0.25, -0.2) is 14.5 Å². The Balaban J connectivity index is 1.51. The fraction of sp³-hybridized carbons (Fsp3) is 0.200. The van der Waals surface area contributed by atoms with Crippen molar-refractivity contribution in [1.29, 1.82) is 0 Å². The predicted octanol–water partition coefficient (Wildman–Crippen LogP) is 2.19. The van der Waals surface area contributed by atoms with E-state index in [0.29, 0.717) is 12.1 Å². The second kappa shape index (κ2) is 8.81. The largest absolute Gasteiger partial charge is 0.355 e. The summed E-state index contributed by atoms with van der Waals surface area (Å²) in [5.74, 6) is -0.138. The summed E-state index contributed by atoms with van der Waals surface area (Å²) in [4.78, 5) is 27.6. The molecule has 1 heterocycles. The monoisotopic (exact) mass is 378 g/mol. The van der Waals surface area contributed by atoms with Crippen molar-refractivity contribution in [1.82, 2.24) is 30.7 Å². The topological polar surface area (TPSA) is 101 Å². The molecule has 28 heavy (non-hydrogen) atoms. The standard InChI is InChI=1S/C20H22N6O2/c1-14(16-7-9-18(10-8-16)26-13-22-12-24-26)25-20(28)23-11-15-3-5-17(6-4-15)19(27)21-2/h3-10,12-14H,11H2,1-2H3,(H,21,27)(H2,23,25,28). The Labute approximate surface area is 163 Å². The Morgan fingerprint density at radius 3 is 2.39 bits per heavy atom. The summed E-state index contributed by atoms with van der Waals surface area (Å²) in [6.45, 7) is 2.29. The fourth-order valence-electron chi connectivity index (χ4n) is 2.69. The molecule has 144 valence electrons. The van der Waals surface area contributed by atoms with Gasteiger partial charge in [0.1, 0.15) is 12.7 Å². The first kappa shape index (κ1) is 19.1. The molecule has 1 unspecified atom stereocenters. The minimum atomic E-state index is -0.261. The van der Waals surface area contributed by atoms with Crippen LogP contribution in [0.4, 0.5) is 4.79 Å². The minimum absolute atomic E-state index is 0.138. The molecular formula is C20H22N6O2. The number of rotatable bonds is 6. The molecule has 0 aliphatic heterocycles. The van der Waals surface area contributed by atoms with Gasteiger partial charge in [0.05, 0.1) is 11.7 Å². The summed E-state index contributed by atoms with van der Waals surface area (Å²) < 4.78 is 1.67. The van der Waals surface area contributed by atoms with Gasteiger partial charge in [0.2, 0.25) is 0 Å². The number of carbonyl (C=O) groups is 2. The van der Waals surface area contributed by atoms with Gasteiger partial charge in [0.15, 0.2) is 0 Å². The molecule has 0 bridgehead atoms. The maximum absolute atomic E-state index is 12.2. The van der Waals surface area contributed by atoms with Gasteiger partial charge in [-0.2, -0.15) is 5.10 Å². The molecule has 3 amide bonds. The normalized spacial score (nSPS) is 11.5. The molecule has 0 saturated carbocycles. The molecule has 3 N–H and O–H groups in total. The number of carbonyl (C=O) groups excluding carboxylic acids is 2. The zero-order valence-corrected chi connectivity index (χ0v) is 15.7. The number of nitrogens with one attached hydrogen (secondary N) is 3. The van der Waals surface area contributed by atoms with Gasteiger partial charge < -0.3 is 16.0 Å². The Bertz CT molecular complexity index is 920. The van der Waals surface area contributed by atoms with E-state index in [1.807, 2.05) is 43.3 Å². The number of benzene rings is 2. The van der Waals surface area contributed by atoms with E-state index in [1.54, 1.807) is 30.2 Å². The zero-order chi connectivity index (χ0) is 19.9. The van der Waals surface area contributed by atoms with Crippen molar-refractivity contribution in [2.24, 2.45) is 0 Å². The van der Waals surface area contributed by atoms with Crippen LogP contribution in [0, 0.1) is 0 Å². The molecule has 0 aliphatic rings. The highest BCUT2D eigenvalue weighted by Gasteiger charge is 2.10. The predicted molar refractivity (Wildman–Crippen MR) is 105 cm³/mol. The zero-order valence-electron chi connectivity index (χ0n) is 15.7. The van der Waals surface area contributed by atoms with Crippen molar-refractivity contribution in [2.45, 2.75) is 19.5 Å². The van der Waals surface area contributed by atoms with Gasteiger partial charge in [-0.3, -0.25) is 4.79 Å². The van der Waals surface area contributed by atoms with E-state index in [4.69, 9.17) is 0 Å². The van der Waals surface area contributed by atoms with Gasteiger partial charge in [0.25, 0.3) is 5.91 Å². The molecule has 3 aromatic rings. The third-order valence-corrected chi connectivity index (χ3v) is 4.32. The first-order chi connectivity index (χ1) is 13.6. The number of aromatic nitrogens is 3. The lowest BCUT2D eigenvalue weighted by Gasteiger charge is -2.15. The number of hydrogen-bond acceptors (Lipinski definition) is 4. The highest BCUT2D eigenvalue weighted by atomic mass is 16.2. The summed E-state index contributed by atoms with van der Waals surface area (Å²) in [6.07, 6.45) is 3.11. The molecule has 8 nitrogen and oxygen atoms in total. The molecule has 8 heteroatoms. The van der Waals surface area contributed by atoms with Crippen LogP contribution < -0.4 is 16.0 Å². The maximum Gasteiger partial charge on any atom is 0.315 e. The average molecular weight is 378 g/mol. The molecule has 1 aromatic heterocycles. The molecule has 2 aromatic carbocycles. The summed E-state index contributed by atoms with van der Waals surface area (Å²) in [6, 6.07) is 14.4. The molecular weight excluding hydrogens is 356 g/mol. The van der Waals surface area contributed by atoms with Crippen LogP contribution in [0.2, 0.25) is 0 Å². The Morgan fingerprint density at radius 2 is 1.79 bits per heavy atom. The molecule has 1 atom stereocenters. The molecule has 3 rings (SSSR count). The van der Waals surface area contributed by atoms with Gasteiger partial charge in [-0.1, -0.05) is 24.3 Å². The first-order valence-corrected chi connectivity index (χ1v) is 8.87. The lowest BCUT2D eigenvalue weighted by Crippen LogP contribution is -2.36. The number of urea groups is 1. The Hall–Kier alpha value is -3.68. The van der Waals surface area contributed by atoms with Crippen molar-refractivity contribution >= 4 is 11.9 Å². The van der Waals surface area contributed by atoms with Gasteiger partial charge in [-0.05, 0) is 42.3 Å². The van der Waals surface area contributed by atoms with Gasteiger partial charge in [-0.15, -0.1) is 0 Å². The van der Waals surface area contributed by atoms with Gasteiger partial charge in [0, 0.05) is 19.2 Å². The molecule has 0 fully saturated rings. The summed E-state index contributed by atoms with van der Waals surface area (Å²) in [5, 5.41) is 12.4. The second-order valence-electron chi connectivity index (χ2n) is 6.26. The lowest BCUT2D eigenvalue weighted by atomic mass is 10.1. The van der Waals surface area contributed by atoms with Crippen LogP contribution >= 0.6 is 0 Å². The van der Waals surface area contributed by atoms with E-state index >= 15 is 0 Å². The van der Waals surface area contributed by atoms with Crippen LogP contribution in [-0.2, 0) is 6.54 Å². The van der Waals surface area contributed by atoms with Crippen LogP contribution in [0.1, 0.15) is 34.5 Å². The van der Waals surface area contributed by atoms with Crippen LogP contribution in [0.3, 0.4) is 0 Å². The van der Waals surface area contributed by atoms with E-state index in [0.717, 1.165) is 16.8 Å². The smallest absolute Gasteiger partial charge is 0.315 e. The van der Waals surface area contributed by atoms with Crippen molar-refractivity contribution in [3.05, 3.63) is 77.9 Å². The number of amides is 3. The van der Waals surface area contributed by atoms with E-state index in [1.165, 1.54) is 6.33 Å². The molecule has 0 saturated heterocycles. The van der Waals surface area contributed by atoms with Crippen molar-refractivity contribution in [3.8, 4) is 5.69 Å². The van der Waals surface area contributed by atoms with Gasteiger partial charge >= 0.3 is 6.03 Å².